The molecular formula is C15H14OS. The fourth-order valence-electron chi connectivity index (χ4n) is 1.53. The molecule has 0 heterocycles. The number of carbonyl (C=O) groups is 1. The fourth-order valence-corrected chi connectivity index (χ4v) is 2.45. The first-order valence-corrected chi connectivity index (χ1v) is 6.50. The van der Waals surface area contributed by atoms with Gasteiger partial charge in [-0.15, -0.1) is 11.8 Å². The summed E-state index contributed by atoms with van der Waals surface area (Å²) in [7, 11) is 0. The van der Waals surface area contributed by atoms with Gasteiger partial charge in [0, 0.05) is 16.2 Å². The highest BCUT2D eigenvalue weighted by Crippen LogP contribution is 2.23. The summed E-state index contributed by atoms with van der Waals surface area (Å²) >= 11 is 1.75. The predicted octanol–water partition coefficient (Wildman–Crippen LogP) is 4.10. The monoisotopic (exact) mass is 242 g/mol. The molecule has 0 aliphatic carbocycles. The third kappa shape index (κ3) is 3.46. The summed E-state index contributed by atoms with van der Waals surface area (Å²) in [5.74, 6) is 0.933. The zero-order valence-corrected chi connectivity index (χ0v) is 10.5. The van der Waals surface area contributed by atoms with Crippen LogP contribution in [0, 0.1) is 6.92 Å². The van der Waals surface area contributed by atoms with Crippen LogP contribution in [0.3, 0.4) is 0 Å². The summed E-state index contributed by atoms with van der Waals surface area (Å²) in [6.07, 6.45) is 0.885. The molecular weight excluding hydrogens is 228 g/mol. The molecule has 0 fully saturated rings. The van der Waals surface area contributed by atoms with E-state index >= 15 is 0 Å². The second-order valence-electron chi connectivity index (χ2n) is 3.96. The van der Waals surface area contributed by atoms with Crippen molar-refractivity contribution >= 4 is 18.0 Å². The van der Waals surface area contributed by atoms with Crippen LogP contribution in [0.1, 0.15) is 21.5 Å². The van der Waals surface area contributed by atoms with E-state index in [-0.39, 0.29) is 0 Å². The third-order valence-corrected chi connectivity index (χ3v) is 3.59. The number of thioether (sulfide) groups is 1. The van der Waals surface area contributed by atoms with Crippen molar-refractivity contribution in [2.24, 2.45) is 0 Å². The second kappa shape index (κ2) is 5.69. The van der Waals surface area contributed by atoms with Gasteiger partial charge in [-0.1, -0.05) is 42.0 Å². The lowest BCUT2D eigenvalue weighted by atomic mass is 10.2. The van der Waals surface area contributed by atoms with E-state index in [0.717, 1.165) is 22.5 Å². The molecule has 2 aromatic carbocycles. The van der Waals surface area contributed by atoms with Gasteiger partial charge in [0.15, 0.2) is 0 Å². The summed E-state index contributed by atoms with van der Waals surface area (Å²) in [5, 5.41) is 0. The smallest absolute Gasteiger partial charge is 0.150 e. The maximum atomic E-state index is 10.7. The minimum absolute atomic E-state index is 0.735. The Morgan fingerprint density at radius 3 is 2.59 bits per heavy atom. The van der Waals surface area contributed by atoms with Gasteiger partial charge in [-0.05, 0) is 24.6 Å². The van der Waals surface area contributed by atoms with E-state index in [9.17, 15) is 4.79 Å². The third-order valence-electron chi connectivity index (χ3n) is 2.52. The Kier molecular flexibility index (Phi) is 3.99. The molecule has 0 spiro atoms. The molecule has 0 saturated heterocycles. The topological polar surface area (TPSA) is 17.1 Å². The zero-order chi connectivity index (χ0) is 12.1. The van der Waals surface area contributed by atoms with Crippen molar-refractivity contribution in [3.8, 4) is 0 Å². The van der Waals surface area contributed by atoms with Crippen LogP contribution in [0.5, 0.6) is 0 Å². The van der Waals surface area contributed by atoms with Gasteiger partial charge >= 0.3 is 0 Å². The molecule has 0 aliphatic heterocycles. The molecule has 0 radical (unpaired) electrons. The Hall–Kier alpha value is -1.54. The molecule has 0 atom stereocenters. The van der Waals surface area contributed by atoms with Crippen molar-refractivity contribution < 1.29 is 4.79 Å². The first-order valence-electron chi connectivity index (χ1n) is 5.51. The Balaban J connectivity index is 2.01. The average Bonchev–Trinajstić information content (AvgIpc) is 2.38. The minimum Gasteiger partial charge on any atom is -0.298 e. The summed E-state index contributed by atoms with van der Waals surface area (Å²) in [5.41, 5.74) is 3.32. The molecule has 0 saturated carbocycles. The highest BCUT2D eigenvalue weighted by molar-refractivity contribution is 7.98. The van der Waals surface area contributed by atoms with Gasteiger partial charge in [0.25, 0.3) is 0 Å². The van der Waals surface area contributed by atoms with Crippen LogP contribution in [0.25, 0.3) is 0 Å². The average molecular weight is 242 g/mol. The summed E-state index contributed by atoms with van der Waals surface area (Å²) in [6, 6.07) is 16.2. The molecule has 0 N–H and O–H groups in total. The number of hydrogen-bond donors (Lipinski definition) is 0. The standard InChI is InChI=1S/C15H14OS/c1-12-5-7-13(8-6-12)11-17-15-4-2-3-14(9-15)10-16/h2-10H,11H2,1H3. The number of hydrogen-bond acceptors (Lipinski definition) is 2. The van der Waals surface area contributed by atoms with Gasteiger partial charge in [0.05, 0.1) is 0 Å². The lowest BCUT2D eigenvalue weighted by Crippen LogP contribution is -1.83. The van der Waals surface area contributed by atoms with Gasteiger partial charge < -0.3 is 0 Å². The van der Waals surface area contributed by atoms with E-state index < -0.39 is 0 Å². The van der Waals surface area contributed by atoms with Crippen LogP contribution < -0.4 is 0 Å². The predicted molar refractivity (Wildman–Crippen MR) is 72.6 cm³/mol. The Bertz CT molecular complexity index is 503. The summed E-state index contributed by atoms with van der Waals surface area (Å²) in [6.45, 7) is 2.09. The van der Waals surface area contributed by atoms with Crippen LogP contribution in [0.2, 0.25) is 0 Å². The van der Waals surface area contributed by atoms with Gasteiger partial charge in [0.2, 0.25) is 0 Å². The number of aryl methyl sites for hydroxylation is 1. The van der Waals surface area contributed by atoms with E-state index in [2.05, 4.69) is 31.2 Å². The van der Waals surface area contributed by atoms with Crippen LogP contribution >= 0.6 is 11.8 Å². The SMILES string of the molecule is Cc1ccc(CSc2cccc(C=O)c2)cc1. The molecule has 2 heteroatoms. The zero-order valence-electron chi connectivity index (χ0n) is 9.72. The molecule has 86 valence electrons. The largest absolute Gasteiger partial charge is 0.298 e. The maximum absolute atomic E-state index is 10.7. The van der Waals surface area contributed by atoms with Crippen molar-refractivity contribution in [1.29, 1.82) is 0 Å². The quantitative estimate of drug-likeness (QED) is 0.593. The molecule has 1 nitrogen and oxygen atoms in total. The summed E-state index contributed by atoms with van der Waals surface area (Å²) in [4.78, 5) is 11.8. The van der Waals surface area contributed by atoms with Crippen molar-refractivity contribution in [1.82, 2.24) is 0 Å². The lowest BCUT2D eigenvalue weighted by molar-refractivity contribution is 0.112. The van der Waals surface area contributed by atoms with Crippen molar-refractivity contribution in [3.05, 3.63) is 65.2 Å². The Morgan fingerprint density at radius 1 is 1.12 bits per heavy atom. The van der Waals surface area contributed by atoms with E-state index in [1.807, 2.05) is 24.3 Å². The molecule has 17 heavy (non-hydrogen) atoms. The molecule has 0 aromatic heterocycles. The minimum atomic E-state index is 0.735. The van der Waals surface area contributed by atoms with E-state index in [0.29, 0.717) is 0 Å². The number of aldehydes is 1. The molecule has 0 unspecified atom stereocenters. The summed E-state index contributed by atoms with van der Waals surface area (Å²) < 4.78 is 0. The van der Waals surface area contributed by atoms with Crippen LogP contribution in [-0.4, -0.2) is 6.29 Å². The lowest BCUT2D eigenvalue weighted by Gasteiger charge is -2.03. The van der Waals surface area contributed by atoms with Crippen LogP contribution in [0.15, 0.2) is 53.4 Å². The highest BCUT2D eigenvalue weighted by Gasteiger charge is 1.97. The van der Waals surface area contributed by atoms with E-state index in [1.54, 1.807) is 11.8 Å². The first kappa shape index (κ1) is 11.9. The normalized spacial score (nSPS) is 10.2. The van der Waals surface area contributed by atoms with Gasteiger partial charge in [-0.2, -0.15) is 0 Å². The number of carbonyl (C=O) groups excluding carboxylic acids is 1. The molecule has 2 rings (SSSR count). The van der Waals surface area contributed by atoms with Gasteiger partial charge in [0.1, 0.15) is 6.29 Å². The first-order chi connectivity index (χ1) is 8.28. The number of benzene rings is 2. The van der Waals surface area contributed by atoms with E-state index in [4.69, 9.17) is 0 Å². The molecule has 0 bridgehead atoms. The van der Waals surface area contributed by atoms with Gasteiger partial charge in [-0.3, -0.25) is 4.79 Å². The second-order valence-corrected chi connectivity index (χ2v) is 5.01. The van der Waals surface area contributed by atoms with Crippen molar-refractivity contribution in [2.45, 2.75) is 17.6 Å². The van der Waals surface area contributed by atoms with Crippen molar-refractivity contribution in [3.63, 3.8) is 0 Å². The Morgan fingerprint density at radius 2 is 1.88 bits per heavy atom. The molecule has 2 aromatic rings. The fraction of sp³-hybridized carbons (Fsp3) is 0.133. The molecule has 0 aliphatic rings. The maximum Gasteiger partial charge on any atom is 0.150 e. The van der Waals surface area contributed by atoms with Crippen molar-refractivity contribution in [2.75, 3.05) is 0 Å². The molecule has 0 amide bonds. The highest BCUT2D eigenvalue weighted by atomic mass is 32.2. The number of rotatable bonds is 4. The van der Waals surface area contributed by atoms with Gasteiger partial charge in [-0.25, -0.2) is 0 Å². The van der Waals surface area contributed by atoms with E-state index in [1.165, 1.54) is 11.1 Å². The van der Waals surface area contributed by atoms with Crippen LogP contribution in [0.4, 0.5) is 0 Å². The Labute approximate surface area is 106 Å². The van der Waals surface area contributed by atoms with Crippen LogP contribution in [-0.2, 0) is 5.75 Å².